The van der Waals surface area contributed by atoms with E-state index in [0.29, 0.717) is 18.5 Å². The van der Waals surface area contributed by atoms with Gasteiger partial charge in [0.2, 0.25) is 5.91 Å². The van der Waals surface area contributed by atoms with Crippen LogP contribution in [0.4, 0.5) is 9.18 Å². The molecule has 126 valence electrons. The van der Waals surface area contributed by atoms with Gasteiger partial charge in [-0.1, -0.05) is 6.07 Å². The van der Waals surface area contributed by atoms with Gasteiger partial charge in [0, 0.05) is 24.7 Å². The SMILES string of the molecule is N#Cc1ccc(CNC(=O)N2CCC[C@H]2C(=O)NC2CC2)c(F)c1. The first kappa shape index (κ1) is 16.2. The topological polar surface area (TPSA) is 85.2 Å². The molecule has 7 heteroatoms. The second-order valence-electron chi connectivity index (χ2n) is 6.21. The van der Waals surface area contributed by atoms with Crippen LogP contribution in [0.5, 0.6) is 0 Å². The van der Waals surface area contributed by atoms with E-state index in [0.717, 1.165) is 25.3 Å². The summed E-state index contributed by atoms with van der Waals surface area (Å²) >= 11 is 0. The molecule has 1 heterocycles. The molecule has 6 nitrogen and oxygen atoms in total. The third-order valence-corrected chi connectivity index (χ3v) is 4.35. The van der Waals surface area contributed by atoms with Gasteiger partial charge in [0.15, 0.2) is 0 Å². The molecule has 2 N–H and O–H groups in total. The molecule has 0 radical (unpaired) electrons. The Labute approximate surface area is 139 Å². The average molecular weight is 330 g/mol. The van der Waals surface area contributed by atoms with Crippen LogP contribution in [0.25, 0.3) is 0 Å². The number of amides is 3. The lowest BCUT2D eigenvalue weighted by molar-refractivity contribution is -0.124. The highest BCUT2D eigenvalue weighted by atomic mass is 19.1. The van der Waals surface area contributed by atoms with E-state index >= 15 is 0 Å². The number of hydrogen-bond acceptors (Lipinski definition) is 3. The van der Waals surface area contributed by atoms with E-state index in [-0.39, 0.29) is 30.1 Å². The number of halogens is 1. The molecule has 3 amide bonds. The van der Waals surface area contributed by atoms with Crippen molar-refractivity contribution in [3.63, 3.8) is 0 Å². The van der Waals surface area contributed by atoms with Gasteiger partial charge < -0.3 is 15.5 Å². The summed E-state index contributed by atoms with van der Waals surface area (Å²) in [6.45, 7) is 0.536. The molecule has 2 aliphatic rings. The van der Waals surface area contributed by atoms with E-state index in [4.69, 9.17) is 5.26 Å². The lowest BCUT2D eigenvalue weighted by Crippen LogP contribution is -2.49. The Bertz CT molecular complexity index is 696. The normalized spacial score (nSPS) is 19.7. The first-order valence-corrected chi connectivity index (χ1v) is 8.12. The molecule has 0 aromatic heterocycles. The molecule has 1 aromatic rings. The molecule has 1 aliphatic heterocycles. The highest BCUT2D eigenvalue weighted by Gasteiger charge is 2.36. The highest BCUT2D eigenvalue weighted by Crippen LogP contribution is 2.22. The van der Waals surface area contributed by atoms with Crippen molar-refractivity contribution in [1.82, 2.24) is 15.5 Å². The first-order chi connectivity index (χ1) is 11.6. The molecule has 0 bridgehead atoms. The largest absolute Gasteiger partial charge is 0.352 e. The summed E-state index contributed by atoms with van der Waals surface area (Å²) in [5.74, 6) is -0.631. The maximum absolute atomic E-state index is 13.8. The van der Waals surface area contributed by atoms with Crippen molar-refractivity contribution in [2.75, 3.05) is 6.54 Å². The third kappa shape index (κ3) is 3.65. The number of urea groups is 1. The fourth-order valence-corrected chi connectivity index (χ4v) is 2.84. The molecule has 1 aliphatic carbocycles. The van der Waals surface area contributed by atoms with Crippen LogP contribution in [-0.2, 0) is 11.3 Å². The molecule has 0 unspecified atom stereocenters. The maximum Gasteiger partial charge on any atom is 0.318 e. The van der Waals surface area contributed by atoms with Crippen LogP contribution in [0, 0.1) is 17.1 Å². The Kier molecular flexibility index (Phi) is 4.65. The van der Waals surface area contributed by atoms with Gasteiger partial charge >= 0.3 is 6.03 Å². The standard InChI is InChI=1S/C17H19FN4O2/c18-14-8-11(9-19)3-4-12(14)10-20-17(24)22-7-1-2-15(22)16(23)21-13-5-6-13/h3-4,8,13,15H,1-2,5-7,10H2,(H,20,24)(H,21,23)/t15-/m0/s1. The fraction of sp³-hybridized carbons (Fsp3) is 0.471. The van der Waals surface area contributed by atoms with Crippen molar-refractivity contribution >= 4 is 11.9 Å². The molecule has 2 fully saturated rings. The van der Waals surface area contributed by atoms with Gasteiger partial charge in [-0.05, 0) is 37.8 Å². The minimum atomic E-state index is -0.529. The van der Waals surface area contributed by atoms with E-state index in [1.54, 1.807) is 0 Å². The van der Waals surface area contributed by atoms with Crippen molar-refractivity contribution < 1.29 is 14.0 Å². The number of likely N-dealkylation sites (tertiary alicyclic amines) is 1. The summed E-state index contributed by atoms with van der Waals surface area (Å²) < 4.78 is 13.8. The quantitative estimate of drug-likeness (QED) is 0.880. The predicted molar refractivity (Wildman–Crippen MR) is 84.2 cm³/mol. The van der Waals surface area contributed by atoms with Gasteiger partial charge in [-0.25, -0.2) is 9.18 Å². The van der Waals surface area contributed by atoms with Gasteiger partial charge in [-0.15, -0.1) is 0 Å². The maximum atomic E-state index is 13.8. The van der Waals surface area contributed by atoms with Crippen LogP contribution in [0.1, 0.15) is 36.8 Å². The first-order valence-electron chi connectivity index (χ1n) is 8.12. The number of nitrogens with zero attached hydrogens (tertiary/aromatic N) is 2. The molecular weight excluding hydrogens is 311 g/mol. The number of carbonyl (C=O) groups is 2. The number of carbonyl (C=O) groups excluding carboxylic acids is 2. The lowest BCUT2D eigenvalue weighted by Gasteiger charge is -2.24. The van der Waals surface area contributed by atoms with Crippen LogP contribution in [0.2, 0.25) is 0 Å². The monoisotopic (exact) mass is 330 g/mol. The van der Waals surface area contributed by atoms with Gasteiger partial charge in [0.1, 0.15) is 11.9 Å². The summed E-state index contributed by atoms with van der Waals surface area (Å²) in [5, 5.41) is 14.3. The van der Waals surface area contributed by atoms with Crippen molar-refractivity contribution in [3.8, 4) is 6.07 Å². The predicted octanol–water partition coefficient (Wildman–Crippen LogP) is 1.65. The van der Waals surface area contributed by atoms with Crippen molar-refractivity contribution in [2.24, 2.45) is 0 Å². The van der Waals surface area contributed by atoms with Crippen molar-refractivity contribution in [2.45, 2.75) is 44.3 Å². The summed E-state index contributed by atoms with van der Waals surface area (Å²) in [4.78, 5) is 26.0. The minimum absolute atomic E-state index is 0.0177. The van der Waals surface area contributed by atoms with Gasteiger partial charge in [0.25, 0.3) is 0 Å². The number of nitrogens with one attached hydrogen (secondary N) is 2. The molecule has 0 spiro atoms. The molecule has 1 aromatic carbocycles. The second-order valence-corrected chi connectivity index (χ2v) is 6.21. The molecular formula is C17H19FN4O2. The lowest BCUT2D eigenvalue weighted by atomic mass is 10.1. The van der Waals surface area contributed by atoms with Crippen LogP contribution in [-0.4, -0.2) is 35.5 Å². The van der Waals surface area contributed by atoms with Crippen molar-refractivity contribution in [3.05, 3.63) is 35.1 Å². The third-order valence-electron chi connectivity index (χ3n) is 4.35. The number of hydrogen-bond donors (Lipinski definition) is 2. The van der Waals surface area contributed by atoms with E-state index < -0.39 is 11.9 Å². The Morgan fingerprint density at radius 1 is 1.33 bits per heavy atom. The summed E-state index contributed by atoms with van der Waals surface area (Å²) in [7, 11) is 0. The smallest absolute Gasteiger partial charge is 0.318 e. The van der Waals surface area contributed by atoms with Gasteiger partial charge in [-0.3, -0.25) is 4.79 Å². The summed E-state index contributed by atoms with van der Waals surface area (Å²) in [6, 6.07) is 5.44. The second kappa shape index (κ2) is 6.87. The number of nitriles is 1. The Hall–Kier alpha value is -2.62. The van der Waals surface area contributed by atoms with Gasteiger partial charge in [-0.2, -0.15) is 5.26 Å². The zero-order valence-electron chi connectivity index (χ0n) is 13.2. The van der Waals surface area contributed by atoms with Crippen LogP contribution in [0.15, 0.2) is 18.2 Å². The van der Waals surface area contributed by atoms with E-state index in [9.17, 15) is 14.0 Å². The highest BCUT2D eigenvalue weighted by molar-refractivity contribution is 5.88. The molecule has 24 heavy (non-hydrogen) atoms. The fourth-order valence-electron chi connectivity index (χ4n) is 2.84. The van der Waals surface area contributed by atoms with E-state index in [2.05, 4.69) is 10.6 Å². The summed E-state index contributed by atoms with van der Waals surface area (Å²) in [5.41, 5.74) is 0.541. The molecule has 1 saturated carbocycles. The van der Waals surface area contributed by atoms with E-state index in [1.165, 1.54) is 17.0 Å². The Balaban J connectivity index is 1.57. The van der Waals surface area contributed by atoms with E-state index in [1.807, 2.05) is 6.07 Å². The Morgan fingerprint density at radius 3 is 2.79 bits per heavy atom. The average Bonchev–Trinajstić information content (AvgIpc) is 3.25. The van der Waals surface area contributed by atoms with Crippen molar-refractivity contribution in [1.29, 1.82) is 5.26 Å². The van der Waals surface area contributed by atoms with Gasteiger partial charge in [0.05, 0.1) is 11.6 Å². The zero-order chi connectivity index (χ0) is 17.1. The molecule has 1 atom stereocenters. The number of rotatable bonds is 4. The van der Waals surface area contributed by atoms with Crippen LogP contribution < -0.4 is 10.6 Å². The number of benzene rings is 1. The van der Waals surface area contributed by atoms with Crippen LogP contribution in [0.3, 0.4) is 0 Å². The molecule has 1 saturated heterocycles. The zero-order valence-corrected chi connectivity index (χ0v) is 13.2. The van der Waals surface area contributed by atoms with Crippen LogP contribution >= 0.6 is 0 Å². The minimum Gasteiger partial charge on any atom is -0.352 e. The molecule has 3 rings (SSSR count). The summed E-state index contributed by atoms with van der Waals surface area (Å²) in [6.07, 6.45) is 3.43. The Morgan fingerprint density at radius 2 is 2.12 bits per heavy atom.